The van der Waals surface area contributed by atoms with E-state index in [1.54, 1.807) is 18.2 Å². The highest BCUT2D eigenvalue weighted by molar-refractivity contribution is 6.43. The maximum absolute atomic E-state index is 13.1. The van der Waals surface area contributed by atoms with Crippen molar-refractivity contribution < 1.29 is 19.1 Å². The van der Waals surface area contributed by atoms with Crippen molar-refractivity contribution in [3.8, 4) is 0 Å². The summed E-state index contributed by atoms with van der Waals surface area (Å²) in [5.41, 5.74) is 2.51. The van der Waals surface area contributed by atoms with Crippen LogP contribution in [0.1, 0.15) is 42.3 Å². The molecule has 2 amide bonds. The largest absolute Gasteiger partial charge is 0.492 e. The lowest BCUT2D eigenvalue weighted by Crippen LogP contribution is -2.31. The van der Waals surface area contributed by atoms with Crippen molar-refractivity contribution in [1.29, 1.82) is 0 Å². The lowest BCUT2D eigenvalue weighted by Gasteiger charge is -2.13. The summed E-state index contributed by atoms with van der Waals surface area (Å²) in [4.78, 5) is 38.1. The topological polar surface area (TPSA) is 63.7 Å². The van der Waals surface area contributed by atoms with Crippen LogP contribution in [-0.2, 0) is 14.3 Å². The predicted octanol–water partition coefficient (Wildman–Crippen LogP) is 3.69. The van der Waals surface area contributed by atoms with Crippen LogP contribution in [0.15, 0.2) is 48.5 Å². The van der Waals surface area contributed by atoms with Gasteiger partial charge in [0.05, 0.1) is 17.9 Å². The lowest BCUT2D eigenvalue weighted by molar-refractivity contribution is -0.122. The number of fused-ring (bicyclic) bond motifs is 1. The minimum atomic E-state index is -0.444. The Bertz CT molecular complexity index is 928. The minimum Gasteiger partial charge on any atom is -0.492 e. The summed E-state index contributed by atoms with van der Waals surface area (Å²) < 4.78 is 5.80. The molecule has 26 heavy (non-hydrogen) atoms. The molecule has 1 aliphatic rings. The monoisotopic (exact) mass is 349 g/mol. The number of amides is 2. The van der Waals surface area contributed by atoms with E-state index in [9.17, 15) is 14.4 Å². The van der Waals surface area contributed by atoms with Crippen LogP contribution < -0.4 is 4.90 Å². The van der Waals surface area contributed by atoms with Gasteiger partial charge >= 0.3 is 0 Å². The van der Waals surface area contributed by atoms with Crippen molar-refractivity contribution in [3.63, 3.8) is 0 Å². The van der Waals surface area contributed by atoms with Gasteiger partial charge < -0.3 is 4.74 Å². The number of nitrogens with zero attached hydrogens (tertiary/aromatic N) is 1. The minimum absolute atomic E-state index is 0.112. The highest BCUT2D eigenvalue weighted by atomic mass is 16.5. The molecule has 5 heteroatoms. The number of hydrogen-bond donors (Lipinski definition) is 0. The van der Waals surface area contributed by atoms with Crippen LogP contribution in [0.25, 0.3) is 11.3 Å². The molecule has 5 nitrogen and oxygen atoms in total. The summed E-state index contributed by atoms with van der Waals surface area (Å²) >= 11 is 0. The summed E-state index contributed by atoms with van der Waals surface area (Å²) in [6, 6.07) is 14.2. The van der Waals surface area contributed by atoms with Gasteiger partial charge in [0, 0.05) is 23.6 Å². The van der Waals surface area contributed by atoms with Crippen LogP contribution in [-0.4, -0.2) is 24.2 Å². The van der Waals surface area contributed by atoms with Crippen LogP contribution >= 0.6 is 0 Å². The van der Waals surface area contributed by atoms with Gasteiger partial charge in [0.2, 0.25) is 5.91 Å². The van der Waals surface area contributed by atoms with Gasteiger partial charge in [-0.2, -0.15) is 0 Å². The van der Waals surface area contributed by atoms with E-state index in [1.807, 2.05) is 37.3 Å². The van der Waals surface area contributed by atoms with Crippen molar-refractivity contribution in [1.82, 2.24) is 0 Å². The Balaban J connectivity index is 2.33. The first-order valence-corrected chi connectivity index (χ1v) is 8.38. The lowest BCUT2D eigenvalue weighted by atomic mass is 9.99. The number of ketones is 1. The number of hydrogen-bond acceptors (Lipinski definition) is 4. The molecular formula is C21H19NO4. The number of Topliss-reactive ketones (excluding diaryl/α,β-unsaturated/α-hetero) is 1. The zero-order valence-corrected chi connectivity index (χ0v) is 14.9. The SMILES string of the molecule is CCOC(=C1C(=O)N(C(C)=O)c2ccc(C(C)=O)cc21)c1ccccc1. The normalized spacial score (nSPS) is 14.9. The second-order valence-electron chi connectivity index (χ2n) is 5.95. The van der Waals surface area contributed by atoms with E-state index in [0.717, 1.165) is 10.5 Å². The summed E-state index contributed by atoms with van der Waals surface area (Å²) in [5, 5.41) is 0. The third-order valence-corrected chi connectivity index (χ3v) is 4.20. The Morgan fingerprint density at radius 3 is 2.27 bits per heavy atom. The Hall–Kier alpha value is -3.21. The first kappa shape index (κ1) is 17.6. The van der Waals surface area contributed by atoms with E-state index in [1.165, 1.54) is 13.8 Å². The maximum Gasteiger partial charge on any atom is 0.269 e. The summed E-state index contributed by atoms with van der Waals surface area (Å²) in [5.74, 6) is -0.534. The van der Waals surface area contributed by atoms with Gasteiger partial charge in [0.15, 0.2) is 5.78 Å². The Morgan fingerprint density at radius 1 is 1.00 bits per heavy atom. The summed E-state index contributed by atoms with van der Waals surface area (Å²) in [6.45, 7) is 5.00. The Labute approximate surface area is 151 Å². The molecule has 0 aliphatic carbocycles. The molecule has 1 aliphatic heterocycles. The van der Waals surface area contributed by atoms with E-state index in [2.05, 4.69) is 0 Å². The van der Waals surface area contributed by atoms with Gasteiger partial charge in [-0.1, -0.05) is 30.3 Å². The van der Waals surface area contributed by atoms with Gasteiger partial charge in [-0.15, -0.1) is 0 Å². The number of ether oxygens (including phenoxy) is 1. The quantitative estimate of drug-likeness (QED) is 0.480. The van der Waals surface area contributed by atoms with Gasteiger partial charge in [0.1, 0.15) is 5.76 Å². The molecule has 0 saturated heterocycles. The zero-order chi connectivity index (χ0) is 18.8. The molecule has 0 fully saturated rings. The zero-order valence-electron chi connectivity index (χ0n) is 14.9. The van der Waals surface area contributed by atoms with Crippen molar-refractivity contribution in [2.24, 2.45) is 0 Å². The van der Waals surface area contributed by atoms with Crippen LogP contribution in [0.3, 0.4) is 0 Å². The van der Waals surface area contributed by atoms with Gasteiger partial charge in [-0.25, -0.2) is 4.90 Å². The first-order valence-electron chi connectivity index (χ1n) is 8.38. The molecular weight excluding hydrogens is 330 g/mol. The fourth-order valence-corrected chi connectivity index (χ4v) is 3.05. The molecule has 0 aromatic heterocycles. The van der Waals surface area contributed by atoms with E-state index in [0.29, 0.717) is 34.8 Å². The molecule has 132 valence electrons. The molecule has 3 rings (SSSR count). The molecule has 0 radical (unpaired) electrons. The Kier molecular flexibility index (Phi) is 4.71. The molecule has 2 aromatic carbocycles. The highest BCUT2D eigenvalue weighted by Gasteiger charge is 2.38. The predicted molar refractivity (Wildman–Crippen MR) is 99.5 cm³/mol. The second kappa shape index (κ2) is 6.96. The Morgan fingerprint density at radius 2 is 1.69 bits per heavy atom. The van der Waals surface area contributed by atoms with Crippen molar-refractivity contribution in [2.45, 2.75) is 20.8 Å². The van der Waals surface area contributed by atoms with Crippen LogP contribution in [0.2, 0.25) is 0 Å². The van der Waals surface area contributed by atoms with Crippen molar-refractivity contribution >= 4 is 34.6 Å². The molecule has 0 N–H and O–H groups in total. The molecule has 0 spiro atoms. The van der Waals surface area contributed by atoms with Crippen LogP contribution in [0, 0.1) is 0 Å². The maximum atomic E-state index is 13.1. The third-order valence-electron chi connectivity index (χ3n) is 4.20. The molecule has 0 saturated carbocycles. The average Bonchev–Trinajstić information content (AvgIpc) is 2.91. The standard InChI is InChI=1S/C21H19NO4/c1-4-26-20(15-8-6-5-7-9-15)19-17-12-16(13(2)23)10-11-18(17)22(14(3)24)21(19)25/h5-12H,4H2,1-3H3. The van der Waals surface area contributed by atoms with Crippen LogP contribution in [0.5, 0.6) is 0 Å². The summed E-state index contributed by atoms with van der Waals surface area (Å²) in [6.07, 6.45) is 0. The number of imide groups is 1. The van der Waals surface area contributed by atoms with Gasteiger partial charge in [-0.05, 0) is 32.0 Å². The summed E-state index contributed by atoms with van der Waals surface area (Å²) in [7, 11) is 0. The van der Waals surface area contributed by atoms with E-state index in [-0.39, 0.29) is 11.7 Å². The molecule has 2 aromatic rings. The van der Waals surface area contributed by atoms with E-state index >= 15 is 0 Å². The second-order valence-corrected chi connectivity index (χ2v) is 5.95. The number of rotatable bonds is 4. The van der Waals surface area contributed by atoms with Gasteiger partial charge in [-0.3, -0.25) is 14.4 Å². The van der Waals surface area contributed by atoms with E-state index in [4.69, 9.17) is 4.74 Å². The van der Waals surface area contributed by atoms with Crippen molar-refractivity contribution in [3.05, 3.63) is 65.2 Å². The van der Waals surface area contributed by atoms with E-state index < -0.39 is 5.91 Å². The number of carbonyl (C=O) groups is 3. The number of benzene rings is 2. The fraction of sp³-hybridized carbons (Fsp3) is 0.190. The molecule has 1 heterocycles. The fourth-order valence-electron chi connectivity index (χ4n) is 3.05. The average molecular weight is 349 g/mol. The highest BCUT2D eigenvalue weighted by Crippen LogP contribution is 2.41. The smallest absolute Gasteiger partial charge is 0.269 e. The number of anilines is 1. The van der Waals surface area contributed by atoms with Crippen LogP contribution in [0.4, 0.5) is 5.69 Å². The first-order chi connectivity index (χ1) is 12.5. The molecule has 0 unspecified atom stereocenters. The number of carbonyl (C=O) groups excluding carboxylic acids is 3. The van der Waals surface area contributed by atoms with Crippen molar-refractivity contribution in [2.75, 3.05) is 11.5 Å². The van der Waals surface area contributed by atoms with Gasteiger partial charge in [0.25, 0.3) is 5.91 Å². The third kappa shape index (κ3) is 2.92. The molecule has 0 bridgehead atoms. The molecule has 0 atom stereocenters.